The van der Waals surface area contributed by atoms with Crippen molar-refractivity contribution in [3.8, 4) is 0 Å². The first-order valence-electron chi connectivity index (χ1n) is 7.22. The second-order valence-electron chi connectivity index (χ2n) is 6.17. The molecule has 20 heavy (non-hydrogen) atoms. The third-order valence-electron chi connectivity index (χ3n) is 3.71. The first-order chi connectivity index (χ1) is 9.44. The molecule has 0 spiro atoms. The first-order valence-corrected chi connectivity index (χ1v) is 7.60. The number of likely N-dealkylation sites (tertiary alicyclic amines) is 1. The van der Waals surface area contributed by atoms with Crippen molar-refractivity contribution in [2.45, 2.75) is 27.2 Å². The monoisotopic (exact) mass is 294 g/mol. The lowest BCUT2D eigenvalue weighted by Crippen LogP contribution is -2.42. The molecule has 1 N–H and O–H groups in total. The van der Waals surface area contributed by atoms with Gasteiger partial charge in [0.2, 0.25) is 5.91 Å². The normalized spacial score (nSPS) is 23.6. The predicted octanol–water partition coefficient (Wildman–Crippen LogP) is 3.56. The number of hydrogen-bond acceptors (Lipinski definition) is 2. The van der Waals surface area contributed by atoms with Crippen LogP contribution in [-0.2, 0) is 4.79 Å². The average Bonchev–Trinajstić information content (AvgIpc) is 2.31. The van der Waals surface area contributed by atoms with E-state index >= 15 is 0 Å². The maximum atomic E-state index is 12.1. The van der Waals surface area contributed by atoms with E-state index in [0.29, 0.717) is 29.1 Å². The van der Waals surface area contributed by atoms with Crippen LogP contribution < -0.4 is 5.32 Å². The van der Waals surface area contributed by atoms with Crippen molar-refractivity contribution >= 4 is 23.2 Å². The molecule has 0 bridgehead atoms. The molecule has 110 valence electrons. The summed E-state index contributed by atoms with van der Waals surface area (Å²) in [6.07, 6.45) is 1.25. The number of anilines is 1. The van der Waals surface area contributed by atoms with Gasteiger partial charge in [0.25, 0.3) is 0 Å². The zero-order chi connectivity index (χ0) is 14.7. The van der Waals surface area contributed by atoms with Gasteiger partial charge in [0.1, 0.15) is 0 Å². The highest BCUT2D eigenvalue weighted by Gasteiger charge is 2.23. The van der Waals surface area contributed by atoms with Crippen LogP contribution in [0.3, 0.4) is 0 Å². The van der Waals surface area contributed by atoms with Crippen LogP contribution in [0.5, 0.6) is 0 Å². The van der Waals surface area contributed by atoms with Crippen LogP contribution in [0.15, 0.2) is 18.2 Å². The summed E-state index contributed by atoms with van der Waals surface area (Å²) >= 11 is 6.13. The molecular weight excluding hydrogens is 272 g/mol. The van der Waals surface area contributed by atoms with Gasteiger partial charge >= 0.3 is 0 Å². The molecule has 0 saturated carbocycles. The summed E-state index contributed by atoms with van der Waals surface area (Å²) in [4.78, 5) is 14.4. The van der Waals surface area contributed by atoms with Gasteiger partial charge in [0.15, 0.2) is 0 Å². The Hall–Kier alpha value is -1.06. The van der Waals surface area contributed by atoms with E-state index in [1.54, 1.807) is 0 Å². The third-order valence-corrected chi connectivity index (χ3v) is 4.02. The van der Waals surface area contributed by atoms with Crippen LogP contribution in [0, 0.1) is 18.8 Å². The third kappa shape index (κ3) is 4.22. The fourth-order valence-corrected chi connectivity index (χ4v) is 3.32. The lowest BCUT2D eigenvalue weighted by Gasteiger charge is -2.34. The Morgan fingerprint density at radius 3 is 2.60 bits per heavy atom. The minimum absolute atomic E-state index is 0.0112. The largest absolute Gasteiger partial charge is 0.324 e. The van der Waals surface area contributed by atoms with E-state index in [9.17, 15) is 4.79 Å². The first kappa shape index (κ1) is 15.3. The van der Waals surface area contributed by atoms with Gasteiger partial charge < -0.3 is 5.32 Å². The van der Waals surface area contributed by atoms with Gasteiger partial charge in [0, 0.05) is 13.1 Å². The highest BCUT2D eigenvalue weighted by molar-refractivity contribution is 6.33. The SMILES string of the molecule is Cc1ccc(NC(=O)CN2C[C@@H](C)C[C@H](C)C2)c(Cl)c1. The second kappa shape index (κ2) is 6.59. The van der Waals surface area contributed by atoms with E-state index in [4.69, 9.17) is 11.6 Å². The number of nitrogens with zero attached hydrogens (tertiary/aromatic N) is 1. The number of aryl methyl sites for hydroxylation is 1. The Bertz CT molecular complexity index is 479. The number of piperidine rings is 1. The summed E-state index contributed by atoms with van der Waals surface area (Å²) in [7, 11) is 0. The van der Waals surface area contributed by atoms with E-state index in [0.717, 1.165) is 18.7 Å². The van der Waals surface area contributed by atoms with Gasteiger partial charge in [-0.15, -0.1) is 0 Å². The van der Waals surface area contributed by atoms with Crippen LogP contribution in [-0.4, -0.2) is 30.4 Å². The van der Waals surface area contributed by atoms with Gasteiger partial charge in [0.05, 0.1) is 17.3 Å². The van der Waals surface area contributed by atoms with Crippen molar-refractivity contribution in [1.82, 2.24) is 4.90 Å². The van der Waals surface area contributed by atoms with Crippen molar-refractivity contribution in [3.63, 3.8) is 0 Å². The molecule has 0 aliphatic carbocycles. The molecule has 0 unspecified atom stereocenters. The molecule has 1 aliphatic rings. The van der Waals surface area contributed by atoms with Crippen LogP contribution in [0.1, 0.15) is 25.8 Å². The Morgan fingerprint density at radius 2 is 2.00 bits per heavy atom. The second-order valence-corrected chi connectivity index (χ2v) is 6.58. The molecule has 1 heterocycles. The minimum Gasteiger partial charge on any atom is -0.324 e. The standard InChI is InChI=1S/C16H23ClN2O/c1-11-4-5-15(14(17)7-11)18-16(20)10-19-8-12(2)6-13(3)9-19/h4-5,7,12-13H,6,8-10H2,1-3H3,(H,18,20)/t12-,13-/m0/s1. The molecule has 1 fully saturated rings. The number of halogens is 1. The fourth-order valence-electron chi connectivity index (χ4n) is 3.04. The van der Waals surface area contributed by atoms with Crippen LogP contribution in [0.2, 0.25) is 5.02 Å². The number of carbonyl (C=O) groups is 1. The van der Waals surface area contributed by atoms with Gasteiger partial charge in [-0.25, -0.2) is 0 Å². The number of amides is 1. The van der Waals surface area contributed by atoms with Crippen molar-refractivity contribution in [2.24, 2.45) is 11.8 Å². The van der Waals surface area contributed by atoms with Gasteiger partial charge in [-0.2, -0.15) is 0 Å². The highest BCUT2D eigenvalue weighted by atomic mass is 35.5. The molecular formula is C16H23ClN2O. The number of carbonyl (C=O) groups excluding carboxylic acids is 1. The Balaban J connectivity index is 1.92. The van der Waals surface area contributed by atoms with Crippen LogP contribution in [0.4, 0.5) is 5.69 Å². The van der Waals surface area contributed by atoms with E-state index < -0.39 is 0 Å². The summed E-state index contributed by atoms with van der Waals surface area (Å²) in [5.74, 6) is 1.33. The quantitative estimate of drug-likeness (QED) is 0.924. The van der Waals surface area contributed by atoms with Gasteiger partial charge in [-0.05, 0) is 42.9 Å². The Kier molecular flexibility index (Phi) is 5.06. The molecule has 4 heteroatoms. The van der Waals surface area contributed by atoms with Crippen LogP contribution >= 0.6 is 11.6 Å². The summed E-state index contributed by atoms with van der Waals surface area (Å²) in [6, 6.07) is 5.67. The zero-order valence-electron chi connectivity index (χ0n) is 12.4. The van der Waals surface area contributed by atoms with Gasteiger partial charge in [-0.3, -0.25) is 9.69 Å². The highest BCUT2D eigenvalue weighted by Crippen LogP contribution is 2.23. The predicted molar refractivity (Wildman–Crippen MR) is 84.2 cm³/mol. The molecule has 1 aromatic rings. The molecule has 1 amide bonds. The maximum Gasteiger partial charge on any atom is 0.238 e. The summed E-state index contributed by atoms with van der Waals surface area (Å²) in [5, 5.41) is 3.50. The molecule has 3 nitrogen and oxygen atoms in total. The van der Waals surface area contributed by atoms with Crippen molar-refractivity contribution in [3.05, 3.63) is 28.8 Å². The number of rotatable bonds is 3. The van der Waals surface area contributed by atoms with Crippen molar-refractivity contribution in [1.29, 1.82) is 0 Å². The lowest BCUT2D eigenvalue weighted by molar-refractivity contribution is -0.117. The maximum absolute atomic E-state index is 12.1. The average molecular weight is 295 g/mol. The van der Waals surface area contributed by atoms with Crippen molar-refractivity contribution < 1.29 is 4.79 Å². The summed E-state index contributed by atoms with van der Waals surface area (Å²) < 4.78 is 0. The smallest absolute Gasteiger partial charge is 0.238 e. The van der Waals surface area contributed by atoms with Crippen molar-refractivity contribution in [2.75, 3.05) is 25.0 Å². The van der Waals surface area contributed by atoms with E-state index in [-0.39, 0.29) is 5.91 Å². The summed E-state index contributed by atoms with van der Waals surface area (Å²) in [5.41, 5.74) is 1.78. The minimum atomic E-state index is 0.0112. The van der Waals surface area contributed by atoms with Gasteiger partial charge in [-0.1, -0.05) is 31.5 Å². The molecule has 1 saturated heterocycles. The van der Waals surface area contributed by atoms with E-state index in [1.165, 1.54) is 6.42 Å². The Labute approximate surface area is 126 Å². The molecule has 2 rings (SSSR count). The lowest BCUT2D eigenvalue weighted by atomic mass is 9.92. The molecule has 1 aromatic carbocycles. The number of hydrogen-bond donors (Lipinski definition) is 1. The molecule has 0 aromatic heterocycles. The van der Waals surface area contributed by atoms with E-state index in [2.05, 4.69) is 24.1 Å². The zero-order valence-corrected chi connectivity index (χ0v) is 13.2. The molecule has 0 radical (unpaired) electrons. The topological polar surface area (TPSA) is 32.3 Å². The van der Waals surface area contributed by atoms with Crippen LogP contribution in [0.25, 0.3) is 0 Å². The Morgan fingerprint density at radius 1 is 1.35 bits per heavy atom. The fraction of sp³-hybridized carbons (Fsp3) is 0.562. The molecule has 2 atom stereocenters. The number of nitrogens with one attached hydrogen (secondary N) is 1. The molecule has 1 aliphatic heterocycles. The number of benzene rings is 1. The summed E-state index contributed by atoms with van der Waals surface area (Å²) in [6.45, 7) is 8.92. The van der Waals surface area contributed by atoms with E-state index in [1.807, 2.05) is 25.1 Å².